The maximum Gasteiger partial charge on any atom is 0.225 e. The lowest BCUT2D eigenvalue weighted by Crippen LogP contribution is -3.06. The zero-order valence-electron chi connectivity index (χ0n) is 13.5. The van der Waals surface area contributed by atoms with Gasteiger partial charge >= 0.3 is 0 Å². The highest BCUT2D eigenvalue weighted by Gasteiger charge is 2.11. The first-order chi connectivity index (χ1) is 11.0. The Balaban J connectivity index is 1.79. The zero-order valence-corrected chi connectivity index (χ0v) is 15.1. The predicted molar refractivity (Wildman–Crippen MR) is 94.6 cm³/mol. The van der Waals surface area contributed by atoms with Crippen LogP contribution in [0.1, 0.15) is 16.7 Å². The molecule has 0 spiro atoms. The van der Waals surface area contributed by atoms with Crippen molar-refractivity contribution in [2.75, 3.05) is 7.05 Å². The van der Waals surface area contributed by atoms with Crippen LogP contribution in [0.2, 0.25) is 0 Å². The maximum absolute atomic E-state index is 5.54. The number of aryl methyl sites for hydroxylation is 2. The Bertz CT molecular complexity index is 848. The number of hydrogen-bond acceptors (Lipinski definition) is 4. The van der Waals surface area contributed by atoms with Crippen LogP contribution in [-0.2, 0) is 13.2 Å². The highest BCUT2D eigenvalue weighted by atomic mass is 32.1. The first-order valence-corrected chi connectivity index (χ1v) is 8.82. The van der Waals surface area contributed by atoms with E-state index in [1.54, 1.807) is 20.7 Å². The quantitative estimate of drug-likeness (QED) is 0.720. The second-order valence-electron chi connectivity index (χ2n) is 5.86. The van der Waals surface area contributed by atoms with Gasteiger partial charge in [-0.3, -0.25) is 0 Å². The molecule has 1 aromatic carbocycles. The Morgan fingerprint density at radius 2 is 2.00 bits per heavy atom. The third-order valence-corrected chi connectivity index (χ3v) is 5.00. The number of benzene rings is 1. The van der Waals surface area contributed by atoms with Crippen molar-refractivity contribution in [2.24, 2.45) is 0 Å². The minimum atomic E-state index is 0.623. The summed E-state index contributed by atoms with van der Waals surface area (Å²) in [7, 11) is 2.13. The number of nitrogens with zero attached hydrogens (tertiary/aromatic N) is 4. The fourth-order valence-corrected chi connectivity index (χ4v) is 3.36. The van der Waals surface area contributed by atoms with E-state index in [-0.39, 0.29) is 0 Å². The van der Waals surface area contributed by atoms with E-state index in [1.807, 2.05) is 6.07 Å². The molecule has 0 amide bonds. The van der Waals surface area contributed by atoms with E-state index in [9.17, 15) is 0 Å². The summed E-state index contributed by atoms with van der Waals surface area (Å²) in [5.41, 5.74) is 4.77. The highest BCUT2D eigenvalue weighted by Crippen LogP contribution is 2.13. The molecule has 1 unspecified atom stereocenters. The SMILES string of the molecule is Cc1ccc(-n2nnn(C[NH+](C)Cc3ccsc3)c2=S)cc1C. The van der Waals surface area contributed by atoms with Crippen LogP contribution >= 0.6 is 23.6 Å². The van der Waals surface area contributed by atoms with Gasteiger partial charge in [-0.2, -0.15) is 20.7 Å². The van der Waals surface area contributed by atoms with Crippen LogP contribution in [0.4, 0.5) is 0 Å². The first-order valence-electron chi connectivity index (χ1n) is 7.47. The van der Waals surface area contributed by atoms with Gasteiger partial charge in [0, 0.05) is 5.56 Å². The number of thiophene rings is 1. The van der Waals surface area contributed by atoms with Crippen LogP contribution in [0.25, 0.3) is 5.69 Å². The van der Waals surface area contributed by atoms with Crippen molar-refractivity contribution < 1.29 is 4.90 Å². The molecule has 0 radical (unpaired) electrons. The number of nitrogens with one attached hydrogen (secondary N) is 1. The Morgan fingerprint density at radius 3 is 2.70 bits per heavy atom. The van der Waals surface area contributed by atoms with E-state index in [1.165, 1.54) is 21.6 Å². The summed E-state index contributed by atoms with van der Waals surface area (Å²) in [4.78, 5) is 1.31. The molecule has 2 aromatic heterocycles. The number of hydrogen-bond donors (Lipinski definition) is 1. The summed E-state index contributed by atoms with van der Waals surface area (Å²) < 4.78 is 4.13. The molecule has 0 saturated heterocycles. The van der Waals surface area contributed by atoms with Crippen molar-refractivity contribution in [3.05, 3.63) is 56.5 Å². The molecule has 0 bridgehead atoms. The van der Waals surface area contributed by atoms with Crippen molar-refractivity contribution >= 4 is 23.6 Å². The Kier molecular flexibility index (Phi) is 4.70. The minimum absolute atomic E-state index is 0.623. The van der Waals surface area contributed by atoms with E-state index < -0.39 is 0 Å². The van der Waals surface area contributed by atoms with Gasteiger partial charge in [0.15, 0.2) is 6.67 Å². The Morgan fingerprint density at radius 1 is 1.17 bits per heavy atom. The Labute approximate surface area is 144 Å². The molecule has 5 nitrogen and oxygen atoms in total. The highest BCUT2D eigenvalue weighted by molar-refractivity contribution is 7.71. The monoisotopic (exact) mass is 346 g/mol. The fourth-order valence-electron chi connectivity index (χ4n) is 2.45. The zero-order chi connectivity index (χ0) is 16.4. The molecule has 2 heterocycles. The number of tetrazole rings is 1. The summed E-state index contributed by atoms with van der Waals surface area (Å²) in [5.74, 6) is 0. The first kappa shape index (κ1) is 16.0. The van der Waals surface area contributed by atoms with Gasteiger partial charge in [-0.25, -0.2) is 0 Å². The van der Waals surface area contributed by atoms with Crippen LogP contribution in [0.5, 0.6) is 0 Å². The topological polar surface area (TPSA) is 40.1 Å². The van der Waals surface area contributed by atoms with E-state index in [0.29, 0.717) is 11.4 Å². The van der Waals surface area contributed by atoms with Gasteiger partial charge in [0.1, 0.15) is 6.54 Å². The lowest BCUT2D eigenvalue weighted by molar-refractivity contribution is -0.917. The molecule has 1 atom stereocenters. The third kappa shape index (κ3) is 3.57. The van der Waals surface area contributed by atoms with E-state index >= 15 is 0 Å². The van der Waals surface area contributed by atoms with Crippen LogP contribution in [0, 0.1) is 18.6 Å². The standard InChI is InChI=1S/C16H19N5S2/c1-12-4-5-15(8-13(12)2)21-16(22)20(17-18-21)11-19(3)9-14-6-7-23-10-14/h4-8,10H,9,11H2,1-3H3/p+1. The molecule has 23 heavy (non-hydrogen) atoms. The van der Waals surface area contributed by atoms with E-state index in [4.69, 9.17) is 12.2 Å². The second-order valence-corrected chi connectivity index (χ2v) is 7.01. The molecule has 0 fully saturated rings. The number of rotatable bonds is 5. The van der Waals surface area contributed by atoms with Gasteiger partial charge in [-0.15, -0.1) is 0 Å². The van der Waals surface area contributed by atoms with Crippen LogP contribution in [0.3, 0.4) is 0 Å². The van der Waals surface area contributed by atoms with Gasteiger partial charge in [0.05, 0.1) is 12.7 Å². The summed E-state index contributed by atoms with van der Waals surface area (Å²) in [6, 6.07) is 8.35. The summed E-state index contributed by atoms with van der Waals surface area (Å²) >= 11 is 7.26. The molecular formula is C16H20N5S2+. The fraction of sp³-hybridized carbons (Fsp3) is 0.312. The largest absolute Gasteiger partial charge is 0.315 e. The van der Waals surface area contributed by atoms with Gasteiger partial charge in [0.2, 0.25) is 4.77 Å². The average molecular weight is 347 g/mol. The predicted octanol–water partition coefficient (Wildman–Crippen LogP) is 2.15. The van der Waals surface area contributed by atoms with E-state index in [0.717, 1.165) is 12.2 Å². The molecule has 120 valence electrons. The summed E-state index contributed by atoms with van der Waals surface area (Å²) in [5, 5.41) is 12.7. The van der Waals surface area contributed by atoms with Crippen LogP contribution in [-0.4, -0.2) is 26.8 Å². The van der Waals surface area contributed by atoms with Crippen LogP contribution < -0.4 is 4.90 Å². The van der Waals surface area contributed by atoms with Crippen molar-refractivity contribution in [3.63, 3.8) is 0 Å². The van der Waals surface area contributed by atoms with Gasteiger partial charge in [-0.05, 0) is 76.6 Å². The smallest absolute Gasteiger partial charge is 0.225 e. The van der Waals surface area contributed by atoms with Crippen molar-refractivity contribution in [3.8, 4) is 5.69 Å². The number of quaternary nitrogens is 1. The van der Waals surface area contributed by atoms with Crippen molar-refractivity contribution in [1.82, 2.24) is 19.8 Å². The summed E-state index contributed by atoms with van der Waals surface area (Å²) in [6.07, 6.45) is 0. The molecule has 0 aliphatic rings. The molecule has 7 heteroatoms. The lowest BCUT2D eigenvalue weighted by Gasteiger charge is -2.12. The van der Waals surface area contributed by atoms with Crippen molar-refractivity contribution in [2.45, 2.75) is 27.1 Å². The minimum Gasteiger partial charge on any atom is -0.315 e. The normalized spacial score (nSPS) is 12.5. The molecular weight excluding hydrogens is 326 g/mol. The van der Waals surface area contributed by atoms with E-state index in [2.05, 4.69) is 60.3 Å². The summed E-state index contributed by atoms with van der Waals surface area (Å²) in [6.45, 7) is 5.82. The lowest BCUT2D eigenvalue weighted by atomic mass is 10.1. The molecule has 0 aliphatic carbocycles. The van der Waals surface area contributed by atoms with Crippen molar-refractivity contribution in [1.29, 1.82) is 0 Å². The van der Waals surface area contributed by atoms with Gasteiger partial charge < -0.3 is 4.90 Å². The molecule has 1 N–H and O–H groups in total. The van der Waals surface area contributed by atoms with Crippen LogP contribution in [0.15, 0.2) is 35.0 Å². The second kappa shape index (κ2) is 6.74. The molecule has 0 aliphatic heterocycles. The molecule has 3 aromatic rings. The molecule has 3 rings (SSSR count). The average Bonchev–Trinajstić information content (AvgIpc) is 3.13. The Hall–Kier alpha value is -1.83. The maximum atomic E-state index is 5.54. The number of aromatic nitrogens is 4. The van der Waals surface area contributed by atoms with Gasteiger partial charge in [0.25, 0.3) is 0 Å². The molecule has 0 saturated carbocycles. The third-order valence-electron chi connectivity index (χ3n) is 3.88. The van der Waals surface area contributed by atoms with Gasteiger partial charge in [-0.1, -0.05) is 6.07 Å².